The van der Waals surface area contributed by atoms with Crippen molar-refractivity contribution in [2.45, 2.75) is 12.7 Å². The molecule has 0 fully saturated rings. The van der Waals surface area contributed by atoms with Crippen LogP contribution in [0.5, 0.6) is 0 Å². The normalized spacial score (nSPS) is 13.8. The number of aromatic nitrogens is 1. The summed E-state index contributed by atoms with van der Waals surface area (Å²) >= 11 is 0. The molecular weight excluding hydrogens is 368 g/mol. The number of hydrogen-bond donors (Lipinski definition) is 2. The zero-order valence-corrected chi connectivity index (χ0v) is 14.0. The van der Waals surface area contributed by atoms with Gasteiger partial charge in [0.1, 0.15) is 11.6 Å². The van der Waals surface area contributed by atoms with E-state index in [9.17, 15) is 27.2 Å². The highest BCUT2D eigenvalue weighted by atomic mass is 19.4. The lowest BCUT2D eigenvalue weighted by Gasteiger charge is -2.26. The van der Waals surface area contributed by atoms with E-state index < -0.39 is 35.6 Å². The molecule has 2 amide bonds. The Morgan fingerprint density at radius 1 is 1.37 bits per heavy atom. The van der Waals surface area contributed by atoms with Crippen molar-refractivity contribution in [1.82, 2.24) is 10.3 Å². The molecule has 0 radical (unpaired) electrons. The molecule has 10 heteroatoms. The number of benzene rings is 1. The summed E-state index contributed by atoms with van der Waals surface area (Å²) in [5, 5.41) is 5.05. The van der Waals surface area contributed by atoms with Crippen LogP contribution in [0.2, 0.25) is 0 Å². The summed E-state index contributed by atoms with van der Waals surface area (Å²) in [5.74, 6) is -1.64. The molecule has 2 heterocycles. The van der Waals surface area contributed by atoms with Crippen LogP contribution in [-0.4, -0.2) is 30.4 Å². The molecule has 1 aliphatic heterocycles. The minimum absolute atomic E-state index is 0.0296. The number of carbonyl (C=O) groups is 2. The molecule has 3 rings (SSSR count). The predicted molar refractivity (Wildman–Crippen MR) is 88.7 cm³/mol. The number of nitrogens with zero attached hydrogens (tertiary/aromatic N) is 2. The first-order chi connectivity index (χ1) is 12.7. The highest BCUT2D eigenvalue weighted by Crippen LogP contribution is 2.33. The lowest BCUT2D eigenvalue weighted by atomic mass is 10.1. The minimum atomic E-state index is -4.75. The van der Waals surface area contributed by atoms with Gasteiger partial charge in [0.2, 0.25) is 5.91 Å². The predicted octanol–water partition coefficient (Wildman–Crippen LogP) is 2.56. The van der Waals surface area contributed by atoms with Crippen LogP contribution < -0.4 is 15.5 Å². The first kappa shape index (κ1) is 18.6. The van der Waals surface area contributed by atoms with Gasteiger partial charge in [-0.05, 0) is 18.2 Å². The second kappa shape index (κ2) is 6.86. The number of halogens is 4. The summed E-state index contributed by atoms with van der Waals surface area (Å²) in [4.78, 5) is 29.3. The van der Waals surface area contributed by atoms with Crippen molar-refractivity contribution in [2.75, 3.05) is 23.8 Å². The van der Waals surface area contributed by atoms with E-state index in [2.05, 4.69) is 15.6 Å². The summed E-state index contributed by atoms with van der Waals surface area (Å²) in [6.45, 7) is -0.583. The molecule has 0 saturated heterocycles. The fraction of sp³-hybridized carbons (Fsp3) is 0.235. The van der Waals surface area contributed by atoms with E-state index in [1.54, 1.807) is 0 Å². The van der Waals surface area contributed by atoms with Crippen LogP contribution >= 0.6 is 0 Å². The Balaban J connectivity index is 1.81. The van der Waals surface area contributed by atoms with E-state index in [1.165, 1.54) is 24.2 Å². The number of hydrogen-bond acceptors (Lipinski definition) is 4. The number of nitrogens with one attached hydrogen (secondary N) is 2. The largest absolute Gasteiger partial charge is 0.416 e. The molecule has 0 spiro atoms. The van der Waals surface area contributed by atoms with E-state index in [1.807, 2.05) is 0 Å². The summed E-state index contributed by atoms with van der Waals surface area (Å²) in [6.07, 6.45) is -3.53. The number of alkyl halides is 3. The molecule has 2 N–H and O–H groups in total. The first-order valence-corrected chi connectivity index (χ1v) is 7.81. The Labute approximate surface area is 151 Å². The monoisotopic (exact) mass is 382 g/mol. The van der Waals surface area contributed by atoms with Crippen molar-refractivity contribution in [3.05, 3.63) is 53.0 Å². The number of pyridine rings is 1. The Hall–Kier alpha value is -3.17. The Kier molecular flexibility index (Phi) is 4.73. The second-order valence-electron chi connectivity index (χ2n) is 5.84. The third-order valence-corrected chi connectivity index (χ3v) is 4.12. The standard InChI is InChI=1S/C17H14F4N4O2/c1-25-13-5-9(6-22-15(13)23-8-14(25)26)16(27)24-7-10-11(17(19,20)21)3-2-4-12(10)18/h2-6H,7-8H2,1H3,(H,22,23)(H,24,27). The van der Waals surface area contributed by atoms with Crippen LogP contribution in [0.3, 0.4) is 0 Å². The number of amides is 2. The summed E-state index contributed by atoms with van der Waals surface area (Å²) < 4.78 is 52.9. The molecule has 142 valence electrons. The number of likely N-dealkylation sites (N-methyl/N-ethyl adjacent to an activating group) is 1. The van der Waals surface area contributed by atoms with Gasteiger partial charge in [-0.25, -0.2) is 9.37 Å². The average molecular weight is 382 g/mol. The lowest BCUT2D eigenvalue weighted by molar-refractivity contribution is -0.138. The van der Waals surface area contributed by atoms with Crippen LogP contribution in [0.4, 0.5) is 29.1 Å². The number of anilines is 2. The van der Waals surface area contributed by atoms with E-state index in [0.717, 1.165) is 18.2 Å². The van der Waals surface area contributed by atoms with Gasteiger partial charge in [-0.2, -0.15) is 13.2 Å². The second-order valence-corrected chi connectivity index (χ2v) is 5.84. The topological polar surface area (TPSA) is 74.3 Å². The van der Waals surface area contributed by atoms with Crippen LogP contribution in [0.25, 0.3) is 0 Å². The highest BCUT2D eigenvalue weighted by Gasteiger charge is 2.34. The van der Waals surface area contributed by atoms with Gasteiger partial charge in [-0.1, -0.05) is 6.07 Å². The van der Waals surface area contributed by atoms with E-state index in [-0.39, 0.29) is 18.0 Å². The van der Waals surface area contributed by atoms with Crippen LogP contribution in [0, 0.1) is 5.82 Å². The van der Waals surface area contributed by atoms with E-state index >= 15 is 0 Å². The molecule has 6 nitrogen and oxygen atoms in total. The number of rotatable bonds is 3. The van der Waals surface area contributed by atoms with Crippen molar-refractivity contribution in [2.24, 2.45) is 0 Å². The number of fused-ring (bicyclic) bond motifs is 1. The molecule has 0 saturated carbocycles. The molecule has 0 unspecified atom stereocenters. The van der Waals surface area contributed by atoms with Gasteiger partial charge in [0.15, 0.2) is 0 Å². The van der Waals surface area contributed by atoms with E-state index in [0.29, 0.717) is 11.5 Å². The quantitative estimate of drug-likeness (QED) is 0.801. The average Bonchev–Trinajstić information content (AvgIpc) is 2.62. The summed E-state index contributed by atoms with van der Waals surface area (Å²) in [6, 6.07) is 3.98. The number of carbonyl (C=O) groups excluding carboxylic acids is 2. The Bertz CT molecular complexity index is 914. The zero-order chi connectivity index (χ0) is 19.8. The fourth-order valence-corrected chi connectivity index (χ4v) is 2.66. The minimum Gasteiger partial charge on any atom is -0.359 e. The van der Waals surface area contributed by atoms with Crippen LogP contribution in [0.1, 0.15) is 21.5 Å². The Morgan fingerprint density at radius 3 is 2.81 bits per heavy atom. The maximum absolute atomic E-state index is 13.8. The zero-order valence-electron chi connectivity index (χ0n) is 14.0. The van der Waals surface area contributed by atoms with Crippen molar-refractivity contribution in [1.29, 1.82) is 0 Å². The SMILES string of the molecule is CN1C(=O)CNc2ncc(C(=O)NCc3c(F)cccc3C(F)(F)F)cc21. The van der Waals surface area contributed by atoms with Crippen molar-refractivity contribution >= 4 is 23.3 Å². The third-order valence-electron chi connectivity index (χ3n) is 4.12. The van der Waals surface area contributed by atoms with Crippen molar-refractivity contribution in [3.63, 3.8) is 0 Å². The van der Waals surface area contributed by atoms with Gasteiger partial charge in [0.05, 0.1) is 23.4 Å². The van der Waals surface area contributed by atoms with Gasteiger partial charge in [-0.15, -0.1) is 0 Å². The molecule has 1 aromatic carbocycles. The first-order valence-electron chi connectivity index (χ1n) is 7.81. The molecule has 2 aromatic rings. The smallest absolute Gasteiger partial charge is 0.359 e. The van der Waals surface area contributed by atoms with Gasteiger partial charge in [0, 0.05) is 25.4 Å². The third kappa shape index (κ3) is 3.69. The van der Waals surface area contributed by atoms with Crippen LogP contribution in [0.15, 0.2) is 30.5 Å². The molecule has 0 bridgehead atoms. The molecule has 27 heavy (non-hydrogen) atoms. The highest BCUT2D eigenvalue weighted by molar-refractivity contribution is 6.03. The molecule has 0 aliphatic carbocycles. The maximum Gasteiger partial charge on any atom is 0.416 e. The lowest BCUT2D eigenvalue weighted by Crippen LogP contribution is -2.37. The molecule has 1 aliphatic rings. The maximum atomic E-state index is 13.8. The van der Waals surface area contributed by atoms with Gasteiger partial charge < -0.3 is 15.5 Å². The van der Waals surface area contributed by atoms with E-state index in [4.69, 9.17) is 0 Å². The van der Waals surface area contributed by atoms with Gasteiger partial charge in [-0.3, -0.25) is 9.59 Å². The Morgan fingerprint density at radius 2 is 2.11 bits per heavy atom. The van der Waals surface area contributed by atoms with Crippen LogP contribution in [-0.2, 0) is 17.5 Å². The molecule has 0 atom stereocenters. The van der Waals surface area contributed by atoms with Crippen molar-refractivity contribution in [3.8, 4) is 0 Å². The molecular formula is C17H14F4N4O2. The summed E-state index contributed by atoms with van der Waals surface area (Å²) in [7, 11) is 1.51. The van der Waals surface area contributed by atoms with Gasteiger partial charge >= 0.3 is 6.18 Å². The van der Waals surface area contributed by atoms with Gasteiger partial charge in [0.25, 0.3) is 5.91 Å². The summed E-state index contributed by atoms with van der Waals surface area (Å²) in [5.41, 5.74) is -1.41. The molecule has 1 aromatic heterocycles. The fourth-order valence-electron chi connectivity index (χ4n) is 2.66. The van der Waals surface area contributed by atoms with Crippen molar-refractivity contribution < 1.29 is 27.2 Å².